The zero-order valence-corrected chi connectivity index (χ0v) is 12.7. The van der Waals surface area contributed by atoms with E-state index in [0.717, 1.165) is 18.5 Å². The second-order valence-electron chi connectivity index (χ2n) is 6.10. The Morgan fingerprint density at radius 1 is 1.00 bits per heavy atom. The van der Waals surface area contributed by atoms with Gasteiger partial charge in [-0.2, -0.15) is 0 Å². The Morgan fingerprint density at radius 3 is 2.38 bits per heavy atom. The normalized spacial score (nSPS) is 24.0. The van der Waals surface area contributed by atoms with Gasteiger partial charge in [0, 0.05) is 12.0 Å². The van der Waals surface area contributed by atoms with Crippen LogP contribution >= 0.6 is 0 Å². The zero-order valence-electron chi connectivity index (χ0n) is 12.7. The molecular weight excluding hydrogens is 258 g/mol. The first-order valence-electron chi connectivity index (χ1n) is 7.72. The molecule has 2 aromatic carbocycles. The lowest BCUT2D eigenvalue weighted by Crippen LogP contribution is -2.27. The largest absolute Gasteiger partial charge is 0.388 e. The van der Waals surface area contributed by atoms with Crippen molar-refractivity contribution in [3.8, 4) is 0 Å². The lowest BCUT2D eigenvalue weighted by Gasteiger charge is -2.20. The maximum Gasteiger partial charge on any atom is 0.0836 e. The first-order valence-corrected chi connectivity index (χ1v) is 7.72. The summed E-state index contributed by atoms with van der Waals surface area (Å²) in [4.78, 5) is 0. The van der Waals surface area contributed by atoms with E-state index in [4.69, 9.17) is 0 Å². The van der Waals surface area contributed by atoms with Crippen molar-refractivity contribution in [1.82, 2.24) is 5.32 Å². The predicted molar refractivity (Wildman–Crippen MR) is 86.2 cm³/mol. The smallest absolute Gasteiger partial charge is 0.0836 e. The van der Waals surface area contributed by atoms with Crippen LogP contribution in [0.3, 0.4) is 0 Å². The topological polar surface area (TPSA) is 32.3 Å². The maximum atomic E-state index is 10.3. The van der Waals surface area contributed by atoms with Crippen molar-refractivity contribution >= 4 is 0 Å². The van der Waals surface area contributed by atoms with E-state index in [2.05, 4.69) is 55.6 Å². The first kappa shape index (κ1) is 14.3. The van der Waals surface area contributed by atoms with E-state index in [1.807, 2.05) is 12.1 Å². The van der Waals surface area contributed by atoms with Crippen LogP contribution in [0.15, 0.2) is 48.5 Å². The summed E-state index contributed by atoms with van der Waals surface area (Å²) < 4.78 is 0. The van der Waals surface area contributed by atoms with Gasteiger partial charge in [-0.25, -0.2) is 0 Å². The van der Waals surface area contributed by atoms with Gasteiger partial charge in [-0.15, -0.1) is 0 Å². The summed E-state index contributed by atoms with van der Waals surface area (Å²) in [6.07, 6.45) is 0.667. The quantitative estimate of drug-likeness (QED) is 0.898. The Bertz CT molecular complexity index is 605. The number of aryl methyl sites for hydroxylation is 1. The third kappa shape index (κ3) is 2.87. The molecule has 0 bridgehead atoms. The minimum atomic E-state index is -0.349. The predicted octanol–water partition coefficient (Wildman–Crippen LogP) is 3.55. The van der Waals surface area contributed by atoms with Gasteiger partial charge in [0.2, 0.25) is 0 Å². The van der Waals surface area contributed by atoms with E-state index in [9.17, 15) is 5.11 Å². The van der Waals surface area contributed by atoms with Gasteiger partial charge in [0.1, 0.15) is 0 Å². The Kier molecular flexibility index (Phi) is 4.09. The number of aliphatic hydroxyl groups excluding tert-OH is 1. The number of rotatable bonds is 4. The van der Waals surface area contributed by atoms with Crippen LogP contribution in [0, 0.1) is 12.8 Å². The fourth-order valence-corrected chi connectivity index (χ4v) is 3.23. The lowest BCUT2D eigenvalue weighted by molar-refractivity contribution is 0.114. The molecule has 0 amide bonds. The number of nitrogens with one attached hydrogen (secondary N) is 1. The van der Waals surface area contributed by atoms with Gasteiger partial charge in [0.25, 0.3) is 0 Å². The van der Waals surface area contributed by atoms with Crippen LogP contribution in [-0.2, 0) is 6.42 Å². The maximum absolute atomic E-state index is 10.3. The van der Waals surface area contributed by atoms with Gasteiger partial charge in [-0.1, -0.05) is 61.0 Å². The van der Waals surface area contributed by atoms with Gasteiger partial charge >= 0.3 is 0 Å². The van der Waals surface area contributed by atoms with Crippen molar-refractivity contribution in [2.24, 2.45) is 5.92 Å². The molecule has 1 aliphatic carbocycles. The summed E-state index contributed by atoms with van der Waals surface area (Å²) in [6.45, 7) is 5.16. The minimum absolute atomic E-state index is 0.223. The molecule has 0 saturated heterocycles. The van der Waals surface area contributed by atoms with Gasteiger partial charge in [-0.3, -0.25) is 0 Å². The van der Waals surface area contributed by atoms with Crippen molar-refractivity contribution < 1.29 is 5.11 Å². The van der Waals surface area contributed by atoms with Crippen LogP contribution in [0.5, 0.6) is 0 Å². The van der Waals surface area contributed by atoms with Gasteiger partial charge in [0.05, 0.1) is 6.10 Å². The SMILES string of the molecule is Cc1ccc(CCNC2c3ccccc3C(O)C2C)cc1. The molecule has 3 unspecified atom stereocenters. The molecule has 2 aromatic rings. The number of hydrogen-bond donors (Lipinski definition) is 2. The summed E-state index contributed by atoms with van der Waals surface area (Å²) in [5.74, 6) is 0.223. The number of benzene rings is 2. The molecule has 3 rings (SSSR count). The van der Waals surface area contributed by atoms with Gasteiger partial charge in [0.15, 0.2) is 0 Å². The van der Waals surface area contributed by atoms with Crippen molar-refractivity contribution in [3.05, 3.63) is 70.8 Å². The molecule has 2 nitrogen and oxygen atoms in total. The third-order valence-electron chi connectivity index (χ3n) is 4.57. The van der Waals surface area contributed by atoms with Crippen LogP contribution in [0.4, 0.5) is 0 Å². The summed E-state index contributed by atoms with van der Waals surface area (Å²) in [5, 5.41) is 13.9. The van der Waals surface area contributed by atoms with E-state index in [-0.39, 0.29) is 18.1 Å². The third-order valence-corrected chi connectivity index (χ3v) is 4.57. The van der Waals surface area contributed by atoms with Crippen molar-refractivity contribution in [2.75, 3.05) is 6.54 Å². The van der Waals surface area contributed by atoms with Crippen LogP contribution in [0.1, 0.15) is 41.3 Å². The lowest BCUT2D eigenvalue weighted by atomic mass is 10.0. The minimum Gasteiger partial charge on any atom is -0.388 e. The molecule has 2 heteroatoms. The Balaban J connectivity index is 1.64. The number of fused-ring (bicyclic) bond motifs is 1. The molecule has 0 heterocycles. The summed E-state index contributed by atoms with van der Waals surface area (Å²) >= 11 is 0. The van der Waals surface area contributed by atoms with Crippen LogP contribution < -0.4 is 5.32 Å². The van der Waals surface area contributed by atoms with Gasteiger partial charge < -0.3 is 10.4 Å². The first-order chi connectivity index (χ1) is 10.2. The number of aliphatic hydroxyl groups is 1. The van der Waals surface area contributed by atoms with Crippen LogP contribution in [0.2, 0.25) is 0 Å². The highest BCUT2D eigenvalue weighted by Gasteiger charge is 2.35. The fourth-order valence-electron chi connectivity index (χ4n) is 3.23. The monoisotopic (exact) mass is 281 g/mol. The Hall–Kier alpha value is -1.64. The van der Waals surface area contributed by atoms with Gasteiger partial charge in [-0.05, 0) is 36.6 Å². The van der Waals surface area contributed by atoms with Crippen LogP contribution in [-0.4, -0.2) is 11.7 Å². The molecular formula is C19H23NO. The van der Waals surface area contributed by atoms with E-state index >= 15 is 0 Å². The molecule has 1 aliphatic rings. The zero-order chi connectivity index (χ0) is 14.8. The molecule has 0 aliphatic heterocycles. The molecule has 2 N–H and O–H groups in total. The molecule has 21 heavy (non-hydrogen) atoms. The van der Waals surface area contributed by atoms with E-state index in [0.29, 0.717) is 0 Å². The Morgan fingerprint density at radius 2 is 1.67 bits per heavy atom. The summed E-state index contributed by atoms with van der Waals surface area (Å²) in [6, 6.07) is 17.2. The van der Waals surface area contributed by atoms with E-state index in [1.165, 1.54) is 16.7 Å². The standard InChI is InChI=1S/C19H23NO/c1-13-7-9-15(10-8-13)11-12-20-18-14(2)19(21)17-6-4-3-5-16(17)18/h3-10,14,18-21H,11-12H2,1-2H3. The molecule has 0 saturated carbocycles. The van der Waals surface area contributed by atoms with E-state index < -0.39 is 0 Å². The molecule has 110 valence electrons. The highest BCUT2D eigenvalue weighted by Crippen LogP contribution is 2.43. The summed E-state index contributed by atoms with van der Waals surface area (Å²) in [5.41, 5.74) is 4.99. The average molecular weight is 281 g/mol. The van der Waals surface area contributed by atoms with Crippen molar-refractivity contribution in [3.63, 3.8) is 0 Å². The van der Waals surface area contributed by atoms with Crippen LogP contribution in [0.25, 0.3) is 0 Å². The molecule has 0 radical (unpaired) electrons. The fraction of sp³-hybridized carbons (Fsp3) is 0.368. The van der Waals surface area contributed by atoms with E-state index in [1.54, 1.807) is 0 Å². The second kappa shape index (κ2) is 6.00. The molecule has 0 spiro atoms. The molecule has 0 aromatic heterocycles. The second-order valence-corrected chi connectivity index (χ2v) is 6.10. The highest BCUT2D eigenvalue weighted by atomic mass is 16.3. The van der Waals surface area contributed by atoms with Crippen molar-refractivity contribution in [2.45, 2.75) is 32.4 Å². The average Bonchev–Trinajstić information content (AvgIpc) is 2.75. The van der Waals surface area contributed by atoms with Crippen molar-refractivity contribution in [1.29, 1.82) is 0 Å². The molecule has 0 fully saturated rings. The number of hydrogen-bond acceptors (Lipinski definition) is 2. The highest BCUT2D eigenvalue weighted by molar-refractivity contribution is 5.37. The summed E-state index contributed by atoms with van der Waals surface area (Å²) in [7, 11) is 0. The molecule has 3 atom stereocenters. The Labute approximate surface area is 126 Å².